The molecule has 0 bridgehead atoms. The third-order valence-corrected chi connectivity index (χ3v) is 6.43. The van der Waals surface area contributed by atoms with Crippen molar-refractivity contribution in [1.82, 2.24) is 0 Å². The van der Waals surface area contributed by atoms with Crippen LogP contribution in [-0.4, -0.2) is 27.3 Å². The van der Waals surface area contributed by atoms with E-state index in [4.69, 9.17) is 4.74 Å². The molecule has 3 rings (SSSR count). The van der Waals surface area contributed by atoms with Crippen molar-refractivity contribution < 1.29 is 22.7 Å². The van der Waals surface area contributed by atoms with Crippen LogP contribution in [0.15, 0.2) is 65.6 Å². The summed E-state index contributed by atoms with van der Waals surface area (Å²) in [6.07, 6.45) is 0. The van der Waals surface area contributed by atoms with Gasteiger partial charge in [0, 0.05) is 18.2 Å². The molecule has 0 radical (unpaired) electrons. The third kappa shape index (κ3) is 5.69. The van der Waals surface area contributed by atoms with Crippen LogP contribution >= 0.6 is 0 Å². The van der Waals surface area contributed by atoms with Gasteiger partial charge in [-0.2, -0.15) is 0 Å². The minimum atomic E-state index is -3.81. The summed E-state index contributed by atoms with van der Waals surface area (Å²) >= 11 is 0. The predicted octanol–water partition coefficient (Wildman–Crippen LogP) is 4.32. The number of amides is 2. The van der Waals surface area contributed by atoms with Crippen LogP contribution in [0.3, 0.4) is 0 Å². The monoisotopic (exact) mass is 467 g/mol. The first-order chi connectivity index (χ1) is 15.6. The molecule has 3 N–H and O–H groups in total. The van der Waals surface area contributed by atoms with Crippen LogP contribution < -0.4 is 20.1 Å². The molecule has 0 aliphatic heterocycles. The summed E-state index contributed by atoms with van der Waals surface area (Å²) in [5.41, 5.74) is 3.46. The van der Waals surface area contributed by atoms with E-state index in [0.29, 0.717) is 22.8 Å². The van der Waals surface area contributed by atoms with Crippen LogP contribution in [0.1, 0.15) is 28.4 Å². The second-order valence-electron chi connectivity index (χ2n) is 7.43. The van der Waals surface area contributed by atoms with Crippen LogP contribution in [0.5, 0.6) is 5.75 Å². The molecule has 0 atom stereocenters. The molecule has 0 aliphatic rings. The average molecular weight is 468 g/mol. The van der Waals surface area contributed by atoms with E-state index in [0.717, 1.165) is 11.1 Å². The highest BCUT2D eigenvalue weighted by atomic mass is 32.2. The Bertz CT molecular complexity index is 1300. The fraction of sp³-hybridized carbons (Fsp3) is 0.167. The van der Waals surface area contributed by atoms with Gasteiger partial charge in [-0.15, -0.1) is 0 Å². The molecule has 33 heavy (non-hydrogen) atoms. The number of anilines is 3. The Labute approximate surface area is 193 Å². The zero-order valence-electron chi connectivity index (χ0n) is 18.7. The maximum absolute atomic E-state index is 12.8. The smallest absolute Gasteiger partial charge is 0.261 e. The van der Waals surface area contributed by atoms with Crippen molar-refractivity contribution in [2.75, 3.05) is 22.5 Å². The standard InChI is InChI=1S/C24H25N3O5S/c1-15-6-5-7-21(16(15)2)27-33(30,31)20-11-8-18(9-12-20)24(29)26-19-10-13-23(32-4)22(14-19)25-17(3)28/h5-14,27H,1-4H3,(H,25,28)(H,26,29). The lowest BCUT2D eigenvalue weighted by Crippen LogP contribution is -2.15. The zero-order valence-corrected chi connectivity index (χ0v) is 19.5. The quantitative estimate of drug-likeness (QED) is 0.479. The van der Waals surface area contributed by atoms with Crippen molar-refractivity contribution in [3.63, 3.8) is 0 Å². The molecule has 0 aliphatic carbocycles. The lowest BCUT2D eigenvalue weighted by atomic mass is 10.1. The van der Waals surface area contributed by atoms with E-state index in [-0.39, 0.29) is 16.4 Å². The fourth-order valence-electron chi connectivity index (χ4n) is 3.13. The topological polar surface area (TPSA) is 114 Å². The summed E-state index contributed by atoms with van der Waals surface area (Å²) < 4.78 is 33.3. The van der Waals surface area contributed by atoms with Crippen molar-refractivity contribution in [2.24, 2.45) is 0 Å². The van der Waals surface area contributed by atoms with Gasteiger partial charge in [0.25, 0.3) is 15.9 Å². The summed E-state index contributed by atoms with van der Waals surface area (Å²) in [5, 5.41) is 5.36. The van der Waals surface area contributed by atoms with Gasteiger partial charge in [0.05, 0.1) is 23.4 Å². The molecular formula is C24H25N3O5S. The molecular weight excluding hydrogens is 442 g/mol. The second-order valence-corrected chi connectivity index (χ2v) is 9.11. The first-order valence-corrected chi connectivity index (χ1v) is 11.5. The third-order valence-electron chi connectivity index (χ3n) is 5.04. The number of carbonyl (C=O) groups excluding carboxylic acids is 2. The minimum Gasteiger partial charge on any atom is -0.495 e. The number of hydrogen-bond acceptors (Lipinski definition) is 5. The van der Waals surface area contributed by atoms with Crippen LogP contribution in [0.2, 0.25) is 0 Å². The van der Waals surface area contributed by atoms with Crippen molar-refractivity contribution in [1.29, 1.82) is 0 Å². The van der Waals surface area contributed by atoms with Gasteiger partial charge in [-0.25, -0.2) is 8.42 Å². The number of hydrogen-bond donors (Lipinski definition) is 3. The first-order valence-electron chi connectivity index (χ1n) is 10.1. The highest BCUT2D eigenvalue weighted by Crippen LogP contribution is 2.28. The number of sulfonamides is 1. The van der Waals surface area contributed by atoms with Gasteiger partial charge in [0.2, 0.25) is 5.91 Å². The zero-order chi connectivity index (χ0) is 24.2. The molecule has 0 saturated carbocycles. The Balaban J connectivity index is 1.76. The van der Waals surface area contributed by atoms with E-state index in [1.54, 1.807) is 30.3 Å². The van der Waals surface area contributed by atoms with Gasteiger partial charge in [-0.05, 0) is 73.5 Å². The SMILES string of the molecule is COc1ccc(NC(=O)c2ccc(S(=O)(=O)Nc3cccc(C)c3C)cc2)cc1NC(C)=O. The van der Waals surface area contributed by atoms with Gasteiger partial charge >= 0.3 is 0 Å². The van der Waals surface area contributed by atoms with E-state index in [1.807, 2.05) is 19.9 Å². The van der Waals surface area contributed by atoms with Crippen molar-refractivity contribution in [3.8, 4) is 5.75 Å². The van der Waals surface area contributed by atoms with Crippen LogP contribution in [0.4, 0.5) is 17.1 Å². The van der Waals surface area contributed by atoms with Gasteiger partial charge in [0.1, 0.15) is 5.75 Å². The normalized spacial score (nSPS) is 10.9. The van der Waals surface area contributed by atoms with E-state index in [9.17, 15) is 18.0 Å². The largest absolute Gasteiger partial charge is 0.495 e. The van der Waals surface area contributed by atoms with Gasteiger partial charge in [-0.1, -0.05) is 12.1 Å². The van der Waals surface area contributed by atoms with E-state index in [1.165, 1.54) is 38.3 Å². The van der Waals surface area contributed by atoms with Crippen LogP contribution in [0, 0.1) is 13.8 Å². The van der Waals surface area contributed by atoms with Gasteiger partial charge in [-0.3, -0.25) is 14.3 Å². The number of aryl methyl sites for hydroxylation is 1. The number of rotatable bonds is 7. The van der Waals surface area contributed by atoms with E-state index >= 15 is 0 Å². The Hall–Kier alpha value is -3.85. The summed E-state index contributed by atoms with van der Waals surface area (Å²) in [5.74, 6) is -0.252. The van der Waals surface area contributed by atoms with E-state index < -0.39 is 15.9 Å². The Morgan fingerprint density at radius 2 is 1.58 bits per heavy atom. The minimum absolute atomic E-state index is 0.0392. The Morgan fingerprint density at radius 1 is 0.879 bits per heavy atom. The van der Waals surface area contributed by atoms with Crippen LogP contribution in [0.25, 0.3) is 0 Å². The Kier molecular flexibility index (Phi) is 7.03. The number of benzene rings is 3. The van der Waals surface area contributed by atoms with Gasteiger partial charge < -0.3 is 15.4 Å². The number of ether oxygens (including phenoxy) is 1. The molecule has 9 heteroatoms. The number of nitrogens with one attached hydrogen (secondary N) is 3. The predicted molar refractivity (Wildman–Crippen MR) is 128 cm³/mol. The molecule has 0 unspecified atom stereocenters. The van der Waals surface area contributed by atoms with Crippen molar-refractivity contribution in [3.05, 3.63) is 77.4 Å². The number of methoxy groups -OCH3 is 1. The summed E-state index contributed by atoms with van der Waals surface area (Å²) in [6.45, 7) is 5.12. The molecule has 172 valence electrons. The first kappa shape index (κ1) is 23.8. The molecule has 0 heterocycles. The fourth-order valence-corrected chi connectivity index (χ4v) is 4.25. The summed E-state index contributed by atoms with van der Waals surface area (Å²) in [6, 6.07) is 15.8. The number of carbonyl (C=O) groups is 2. The van der Waals surface area contributed by atoms with Crippen molar-refractivity contribution in [2.45, 2.75) is 25.7 Å². The molecule has 0 aromatic heterocycles. The average Bonchev–Trinajstić information content (AvgIpc) is 2.77. The molecule has 3 aromatic rings. The van der Waals surface area contributed by atoms with Crippen LogP contribution in [-0.2, 0) is 14.8 Å². The van der Waals surface area contributed by atoms with E-state index in [2.05, 4.69) is 15.4 Å². The molecule has 8 nitrogen and oxygen atoms in total. The highest BCUT2D eigenvalue weighted by Gasteiger charge is 2.17. The van der Waals surface area contributed by atoms with Gasteiger partial charge in [0.15, 0.2) is 0 Å². The maximum Gasteiger partial charge on any atom is 0.261 e. The summed E-state index contributed by atoms with van der Waals surface area (Å²) in [4.78, 5) is 24.1. The van der Waals surface area contributed by atoms with Crippen molar-refractivity contribution >= 4 is 38.9 Å². The summed E-state index contributed by atoms with van der Waals surface area (Å²) in [7, 11) is -2.34. The highest BCUT2D eigenvalue weighted by molar-refractivity contribution is 7.92. The molecule has 2 amide bonds. The second kappa shape index (κ2) is 9.74. The molecule has 3 aromatic carbocycles. The maximum atomic E-state index is 12.8. The molecule has 0 saturated heterocycles. The lowest BCUT2D eigenvalue weighted by Gasteiger charge is -2.13. The lowest BCUT2D eigenvalue weighted by molar-refractivity contribution is -0.114. The Morgan fingerprint density at radius 3 is 2.21 bits per heavy atom. The molecule has 0 fully saturated rings. The molecule has 0 spiro atoms.